The van der Waals surface area contributed by atoms with Crippen LogP contribution in [-0.4, -0.2) is 34.7 Å². The molecule has 3 rings (SSSR count). The number of imide groups is 1. The number of phenolic OH excluding ortho intramolecular Hbond substituents is 1. The number of nitrogens with zero attached hydrogens (tertiary/aromatic N) is 1. The van der Waals surface area contributed by atoms with Gasteiger partial charge in [0.2, 0.25) is 5.91 Å². The van der Waals surface area contributed by atoms with E-state index in [-0.39, 0.29) is 24.0 Å². The molecule has 0 saturated carbocycles. The molecule has 0 fully saturated rings. The van der Waals surface area contributed by atoms with Crippen LogP contribution in [0.5, 0.6) is 5.75 Å². The number of fused-ring (bicyclic) bond motifs is 1. The minimum absolute atomic E-state index is 0.0535. The number of benzene rings is 2. The van der Waals surface area contributed by atoms with Crippen molar-refractivity contribution >= 4 is 28.8 Å². The summed E-state index contributed by atoms with van der Waals surface area (Å²) < 4.78 is 6.03. The fraction of sp³-hybridized carbons (Fsp3) is 0.261. The number of ether oxygens (including phenoxy) is 1. The minimum atomic E-state index is -0.831. The second-order valence-corrected chi connectivity index (χ2v) is 7.37. The molecule has 1 aromatic heterocycles. The van der Waals surface area contributed by atoms with E-state index in [0.717, 1.165) is 5.39 Å². The van der Waals surface area contributed by atoms with Gasteiger partial charge in [0.25, 0.3) is 5.91 Å². The Morgan fingerprint density at radius 2 is 1.83 bits per heavy atom. The van der Waals surface area contributed by atoms with Crippen molar-refractivity contribution in [2.45, 2.75) is 33.1 Å². The number of alkyl carbamates (subject to hydrolysis) is 1. The van der Waals surface area contributed by atoms with Gasteiger partial charge in [0.05, 0.1) is 19.0 Å². The summed E-state index contributed by atoms with van der Waals surface area (Å²) in [5.41, 5.74) is 3.06. The number of hydrogen-bond donors (Lipinski definition) is 2. The van der Waals surface area contributed by atoms with Gasteiger partial charge in [0, 0.05) is 16.6 Å². The van der Waals surface area contributed by atoms with Crippen molar-refractivity contribution in [1.29, 1.82) is 0 Å². The van der Waals surface area contributed by atoms with Gasteiger partial charge in [-0.2, -0.15) is 0 Å². The number of nitrogens with one attached hydrogen (secondary N) is 1. The van der Waals surface area contributed by atoms with E-state index in [1.165, 1.54) is 13.2 Å². The molecular weight excluding hydrogens is 384 g/mol. The minimum Gasteiger partial charge on any atom is -0.508 e. The molecule has 156 valence electrons. The summed E-state index contributed by atoms with van der Waals surface area (Å²) in [5.74, 6) is -0.578. The fourth-order valence-electron chi connectivity index (χ4n) is 3.57. The maximum absolute atomic E-state index is 13.4. The number of para-hydroxylation sites is 1. The van der Waals surface area contributed by atoms with E-state index in [1.54, 1.807) is 23.6 Å². The average Bonchev–Trinajstić information content (AvgIpc) is 2.99. The number of carbonyl (C=O) groups excluding carboxylic acids is 3. The van der Waals surface area contributed by atoms with Gasteiger partial charge in [-0.1, -0.05) is 32.0 Å². The molecule has 3 aromatic rings. The van der Waals surface area contributed by atoms with E-state index in [2.05, 4.69) is 10.1 Å². The van der Waals surface area contributed by atoms with Crippen LogP contribution in [0.3, 0.4) is 0 Å². The summed E-state index contributed by atoms with van der Waals surface area (Å²) in [5, 5.41) is 13.0. The molecule has 0 saturated heterocycles. The third-order valence-electron chi connectivity index (χ3n) is 5.11. The number of aromatic hydroxyl groups is 1. The number of hydrogen-bond acceptors (Lipinski definition) is 5. The first-order chi connectivity index (χ1) is 14.2. The first-order valence-electron chi connectivity index (χ1n) is 9.59. The Balaban J connectivity index is 2.08. The monoisotopic (exact) mass is 408 g/mol. The fourth-order valence-corrected chi connectivity index (χ4v) is 3.57. The highest BCUT2D eigenvalue weighted by Gasteiger charge is 2.22. The quantitative estimate of drug-likeness (QED) is 0.682. The zero-order valence-electron chi connectivity index (χ0n) is 17.4. The van der Waals surface area contributed by atoms with Gasteiger partial charge in [-0.15, -0.1) is 0 Å². The van der Waals surface area contributed by atoms with Crippen LogP contribution < -0.4 is 5.32 Å². The smallest absolute Gasteiger partial charge is 0.413 e. The van der Waals surface area contributed by atoms with Crippen molar-refractivity contribution in [3.8, 4) is 5.75 Å². The topological polar surface area (TPSA) is 97.6 Å². The Kier molecular flexibility index (Phi) is 5.91. The molecule has 2 aromatic carbocycles. The molecular formula is C23H24N2O5. The highest BCUT2D eigenvalue weighted by Crippen LogP contribution is 2.30. The molecule has 0 aliphatic carbocycles. The summed E-state index contributed by atoms with van der Waals surface area (Å²) in [6, 6.07) is 12.1. The molecule has 2 amide bonds. The first kappa shape index (κ1) is 21.1. The van der Waals surface area contributed by atoms with Gasteiger partial charge in [-0.25, -0.2) is 4.79 Å². The molecule has 0 aliphatic heterocycles. The van der Waals surface area contributed by atoms with E-state index in [0.29, 0.717) is 27.9 Å². The predicted molar refractivity (Wildman–Crippen MR) is 113 cm³/mol. The Morgan fingerprint density at radius 3 is 2.50 bits per heavy atom. The van der Waals surface area contributed by atoms with E-state index < -0.39 is 12.0 Å². The Morgan fingerprint density at radius 1 is 1.13 bits per heavy atom. The van der Waals surface area contributed by atoms with Gasteiger partial charge in [-0.05, 0) is 48.2 Å². The van der Waals surface area contributed by atoms with Crippen LogP contribution in [0.25, 0.3) is 10.9 Å². The molecule has 0 aliphatic rings. The Hall–Kier alpha value is -3.61. The van der Waals surface area contributed by atoms with Crippen LogP contribution >= 0.6 is 0 Å². The third-order valence-corrected chi connectivity index (χ3v) is 5.11. The zero-order chi connectivity index (χ0) is 22.0. The lowest BCUT2D eigenvalue weighted by molar-refractivity contribution is -0.119. The lowest BCUT2D eigenvalue weighted by atomic mass is 9.99. The van der Waals surface area contributed by atoms with Crippen LogP contribution in [0.1, 0.15) is 46.9 Å². The molecule has 0 bridgehead atoms. The number of amides is 2. The molecule has 0 radical (unpaired) electrons. The number of rotatable bonds is 4. The van der Waals surface area contributed by atoms with Crippen molar-refractivity contribution in [2.75, 3.05) is 7.11 Å². The highest BCUT2D eigenvalue weighted by atomic mass is 16.5. The number of phenols is 1. The zero-order valence-corrected chi connectivity index (χ0v) is 17.4. The van der Waals surface area contributed by atoms with Crippen LogP contribution in [0.4, 0.5) is 4.79 Å². The average molecular weight is 408 g/mol. The van der Waals surface area contributed by atoms with Gasteiger partial charge in [-0.3, -0.25) is 19.5 Å². The van der Waals surface area contributed by atoms with E-state index in [9.17, 15) is 19.5 Å². The molecule has 7 nitrogen and oxygen atoms in total. The third kappa shape index (κ3) is 3.91. The van der Waals surface area contributed by atoms with Crippen LogP contribution in [0.2, 0.25) is 0 Å². The van der Waals surface area contributed by atoms with Crippen molar-refractivity contribution in [3.05, 3.63) is 64.8 Å². The number of aromatic nitrogens is 1. The maximum Gasteiger partial charge on any atom is 0.413 e. The van der Waals surface area contributed by atoms with E-state index in [1.807, 2.05) is 38.1 Å². The second-order valence-electron chi connectivity index (χ2n) is 7.37. The Bertz CT molecular complexity index is 1140. The summed E-state index contributed by atoms with van der Waals surface area (Å²) >= 11 is 0. The van der Waals surface area contributed by atoms with Crippen LogP contribution in [-0.2, 0) is 16.0 Å². The van der Waals surface area contributed by atoms with Gasteiger partial charge in [0.15, 0.2) is 0 Å². The molecule has 30 heavy (non-hydrogen) atoms. The molecule has 0 unspecified atom stereocenters. The van der Waals surface area contributed by atoms with Gasteiger partial charge < -0.3 is 9.84 Å². The molecule has 0 spiro atoms. The molecule has 2 N–H and O–H groups in total. The van der Waals surface area contributed by atoms with E-state index >= 15 is 0 Å². The summed E-state index contributed by atoms with van der Waals surface area (Å²) in [7, 11) is 1.18. The maximum atomic E-state index is 13.4. The predicted octanol–water partition coefficient (Wildman–Crippen LogP) is 3.89. The van der Waals surface area contributed by atoms with Crippen LogP contribution in [0, 0.1) is 6.92 Å². The van der Waals surface area contributed by atoms with Gasteiger partial charge >= 0.3 is 6.09 Å². The number of methoxy groups -OCH3 is 1. The second kappa shape index (κ2) is 8.41. The summed E-state index contributed by atoms with van der Waals surface area (Å²) in [4.78, 5) is 37.0. The summed E-state index contributed by atoms with van der Waals surface area (Å²) in [6.45, 7) is 5.65. The van der Waals surface area contributed by atoms with Crippen molar-refractivity contribution < 1.29 is 24.2 Å². The SMILES string of the molecule is COC(=O)NC(=O)Cc1c(C)n(C(=O)c2ccc(O)c(C(C)C)c2)c2ccccc12. The lowest BCUT2D eigenvalue weighted by Crippen LogP contribution is -2.31. The van der Waals surface area contributed by atoms with Crippen molar-refractivity contribution in [2.24, 2.45) is 0 Å². The largest absolute Gasteiger partial charge is 0.508 e. The Labute approximate surface area is 174 Å². The molecule has 0 atom stereocenters. The van der Waals surface area contributed by atoms with Crippen molar-refractivity contribution in [1.82, 2.24) is 9.88 Å². The number of carbonyl (C=O) groups is 3. The van der Waals surface area contributed by atoms with Crippen LogP contribution in [0.15, 0.2) is 42.5 Å². The summed E-state index contributed by atoms with van der Waals surface area (Å²) in [6.07, 6.45) is -0.906. The normalized spacial score (nSPS) is 11.0. The first-order valence-corrected chi connectivity index (χ1v) is 9.59. The highest BCUT2D eigenvalue weighted by molar-refractivity contribution is 6.05. The molecule has 7 heteroatoms. The standard InChI is InChI=1S/C23H24N2O5/c1-13(2)17-11-15(9-10-20(17)26)22(28)25-14(3)18(12-21(27)24-23(29)30-4)16-7-5-6-8-19(16)25/h5-11,13,26H,12H2,1-4H3,(H,24,27,29). The van der Waals surface area contributed by atoms with Gasteiger partial charge in [0.1, 0.15) is 5.75 Å². The van der Waals surface area contributed by atoms with E-state index in [4.69, 9.17) is 0 Å². The lowest BCUT2D eigenvalue weighted by Gasteiger charge is -2.12. The molecule has 1 heterocycles. The van der Waals surface area contributed by atoms with Crippen molar-refractivity contribution in [3.63, 3.8) is 0 Å².